The number of aromatic amines is 1. The number of benzene rings is 1. The third kappa shape index (κ3) is 2.08. The minimum absolute atomic E-state index is 0.131. The van der Waals surface area contributed by atoms with Crippen LogP contribution in [0.3, 0.4) is 0 Å². The second-order valence-electron chi connectivity index (χ2n) is 5.08. The lowest BCUT2D eigenvalue weighted by atomic mass is 10.2. The summed E-state index contributed by atoms with van der Waals surface area (Å²) in [6, 6.07) is 4.38. The second-order valence-corrected chi connectivity index (χ2v) is 5.08. The fourth-order valence-corrected chi connectivity index (χ4v) is 2.23. The normalized spacial score (nSPS) is 11.8. The summed E-state index contributed by atoms with van der Waals surface area (Å²) >= 11 is 0. The maximum Gasteiger partial charge on any atom is 0.277 e. The van der Waals surface area contributed by atoms with E-state index in [-0.39, 0.29) is 11.4 Å². The summed E-state index contributed by atoms with van der Waals surface area (Å²) in [6.45, 7) is 1.32. The van der Waals surface area contributed by atoms with Gasteiger partial charge < -0.3 is 9.88 Å². The van der Waals surface area contributed by atoms with E-state index in [4.69, 9.17) is 0 Å². The molecule has 0 amide bonds. The lowest BCUT2D eigenvalue weighted by molar-refractivity contribution is 0.380. The largest absolute Gasteiger partial charge is 0.349 e. The highest BCUT2D eigenvalue weighted by molar-refractivity contribution is 6.04. The summed E-state index contributed by atoms with van der Waals surface area (Å²) in [4.78, 5) is 21.7. The smallest absolute Gasteiger partial charge is 0.277 e. The Labute approximate surface area is 114 Å². The lowest BCUT2D eigenvalue weighted by Crippen LogP contribution is -2.26. The standard InChI is InChI=1S/C14H15FN4O/c1-18(2)5-6-19-8-16-12-10-7-9(15)3-4-11(10)17-13(12)14(19)20/h3-4,7-8,17H,5-6H2,1-2H3. The first-order valence-corrected chi connectivity index (χ1v) is 6.37. The highest BCUT2D eigenvalue weighted by Crippen LogP contribution is 2.21. The molecule has 0 unspecified atom stereocenters. The van der Waals surface area contributed by atoms with Crippen molar-refractivity contribution in [2.45, 2.75) is 6.54 Å². The van der Waals surface area contributed by atoms with Crippen LogP contribution in [-0.2, 0) is 6.54 Å². The van der Waals surface area contributed by atoms with Gasteiger partial charge in [-0.25, -0.2) is 9.37 Å². The molecule has 0 bridgehead atoms. The van der Waals surface area contributed by atoms with E-state index >= 15 is 0 Å². The Hall–Kier alpha value is -2.21. The fourth-order valence-electron chi connectivity index (χ4n) is 2.23. The average molecular weight is 274 g/mol. The Bertz CT molecular complexity index is 834. The van der Waals surface area contributed by atoms with E-state index in [1.807, 2.05) is 19.0 Å². The third-order valence-corrected chi connectivity index (χ3v) is 3.32. The van der Waals surface area contributed by atoms with Crippen molar-refractivity contribution in [2.24, 2.45) is 0 Å². The van der Waals surface area contributed by atoms with Gasteiger partial charge in [-0.3, -0.25) is 9.36 Å². The molecule has 0 atom stereocenters. The number of nitrogens with zero attached hydrogens (tertiary/aromatic N) is 3. The fraction of sp³-hybridized carbons (Fsp3) is 0.286. The van der Waals surface area contributed by atoms with Gasteiger partial charge in [0.1, 0.15) is 16.9 Å². The van der Waals surface area contributed by atoms with Crippen molar-refractivity contribution >= 4 is 21.9 Å². The highest BCUT2D eigenvalue weighted by atomic mass is 19.1. The van der Waals surface area contributed by atoms with Crippen LogP contribution in [0.15, 0.2) is 29.3 Å². The third-order valence-electron chi connectivity index (χ3n) is 3.32. The van der Waals surface area contributed by atoms with E-state index in [0.29, 0.717) is 23.0 Å². The van der Waals surface area contributed by atoms with Crippen molar-refractivity contribution in [2.75, 3.05) is 20.6 Å². The Kier molecular flexibility index (Phi) is 3.02. The number of rotatable bonds is 3. The molecule has 6 heteroatoms. The number of halogens is 1. The molecule has 0 aliphatic carbocycles. The monoisotopic (exact) mass is 274 g/mol. The van der Waals surface area contributed by atoms with Crippen LogP contribution >= 0.6 is 0 Å². The molecule has 0 fully saturated rings. The van der Waals surface area contributed by atoms with Crippen LogP contribution in [0, 0.1) is 5.82 Å². The first kappa shape index (κ1) is 12.8. The van der Waals surface area contributed by atoms with Crippen molar-refractivity contribution < 1.29 is 4.39 Å². The second kappa shape index (κ2) is 4.72. The van der Waals surface area contributed by atoms with Gasteiger partial charge in [0.25, 0.3) is 5.56 Å². The molecular weight excluding hydrogens is 259 g/mol. The number of nitrogens with one attached hydrogen (secondary N) is 1. The molecule has 2 heterocycles. The van der Waals surface area contributed by atoms with Crippen LogP contribution in [0.4, 0.5) is 4.39 Å². The Morgan fingerprint density at radius 3 is 2.95 bits per heavy atom. The lowest BCUT2D eigenvalue weighted by Gasteiger charge is -2.10. The molecule has 0 radical (unpaired) electrons. The summed E-state index contributed by atoms with van der Waals surface area (Å²) in [5.41, 5.74) is 1.53. The predicted molar refractivity (Wildman–Crippen MR) is 76.4 cm³/mol. The van der Waals surface area contributed by atoms with Gasteiger partial charge in [-0.15, -0.1) is 0 Å². The molecule has 20 heavy (non-hydrogen) atoms. The van der Waals surface area contributed by atoms with Gasteiger partial charge in [-0.2, -0.15) is 0 Å². The topological polar surface area (TPSA) is 53.9 Å². The Balaban J connectivity index is 2.18. The molecule has 0 aliphatic rings. The summed E-state index contributed by atoms with van der Waals surface area (Å²) in [6.07, 6.45) is 1.52. The van der Waals surface area contributed by atoms with Gasteiger partial charge >= 0.3 is 0 Å². The van der Waals surface area contributed by atoms with Gasteiger partial charge in [0, 0.05) is 24.0 Å². The molecule has 5 nitrogen and oxygen atoms in total. The van der Waals surface area contributed by atoms with Crippen molar-refractivity contribution in [3.05, 3.63) is 40.7 Å². The van der Waals surface area contributed by atoms with Gasteiger partial charge in [0.05, 0.1) is 6.33 Å². The molecule has 1 N–H and O–H groups in total. The van der Waals surface area contributed by atoms with Crippen molar-refractivity contribution in [1.82, 2.24) is 19.4 Å². The van der Waals surface area contributed by atoms with E-state index in [0.717, 1.165) is 12.1 Å². The SMILES string of the molecule is CN(C)CCn1cnc2c([nH]c3ccc(F)cc32)c1=O. The first-order chi connectivity index (χ1) is 9.56. The van der Waals surface area contributed by atoms with E-state index in [1.165, 1.54) is 18.5 Å². The number of likely N-dealkylation sites (N-methyl/N-ethyl adjacent to an activating group) is 1. The summed E-state index contributed by atoms with van der Waals surface area (Å²) in [5, 5.41) is 0.636. The summed E-state index contributed by atoms with van der Waals surface area (Å²) in [5.74, 6) is -0.336. The van der Waals surface area contributed by atoms with Crippen molar-refractivity contribution in [3.8, 4) is 0 Å². The van der Waals surface area contributed by atoms with Gasteiger partial charge in [-0.1, -0.05) is 0 Å². The van der Waals surface area contributed by atoms with Crippen LogP contribution in [0.25, 0.3) is 21.9 Å². The van der Waals surface area contributed by atoms with E-state index in [2.05, 4.69) is 9.97 Å². The van der Waals surface area contributed by atoms with E-state index in [9.17, 15) is 9.18 Å². The minimum atomic E-state index is -0.336. The zero-order valence-corrected chi connectivity index (χ0v) is 11.4. The summed E-state index contributed by atoms with van der Waals surface area (Å²) in [7, 11) is 3.89. The van der Waals surface area contributed by atoms with Crippen molar-refractivity contribution in [3.63, 3.8) is 0 Å². The maximum absolute atomic E-state index is 13.3. The van der Waals surface area contributed by atoms with Crippen LogP contribution in [-0.4, -0.2) is 40.1 Å². The minimum Gasteiger partial charge on any atom is -0.349 e. The van der Waals surface area contributed by atoms with E-state index < -0.39 is 0 Å². The number of hydrogen-bond donors (Lipinski definition) is 1. The Morgan fingerprint density at radius 1 is 1.40 bits per heavy atom. The highest BCUT2D eigenvalue weighted by Gasteiger charge is 2.11. The Morgan fingerprint density at radius 2 is 2.20 bits per heavy atom. The average Bonchev–Trinajstić information content (AvgIpc) is 2.77. The molecule has 1 aromatic carbocycles. The molecule has 3 rings (SSSR count). The first-order valence-electron chi connectivity index (χ1n) is 6.37. The maximum atomic E-state index is 13.3. The number of fused-ring (bicyclic) bond motifs is 3. The summed E-state index contributed by atoms with van der Waals surface area (Å²) < 4.78 is 14.9. The van der Waals surface area contributed by atoms with Crippen molar-refractivity contribution in [1.29, 1.82) is 0 Å². The molecule has 3 aromatic rings. The van der Waals surface area contributed by atoms with Gasteiger partial charge in [0.2, 0.25) is 0 Å². The van der Waals surface area contributed by atoms with Crippen LogP contribution in [0.2, 0.25) is 0 Å². The van der Waals surface area contributed by atoms with E-state index in [1.54, 1.807) is 10.6 Å². The molecule has 0 aliphatic heterocycles. The molecule has 0 saturated carbocycles. The van der Waals surface area contributed by atoms with Gasteiger partial charge in [0.15, 0.2) is 0 Å². The zero-order chi connectivity index (χ0) is 14.3. The number of H-pyrrole nitrogens is 1. The molecule has 2 aromatic heterocycles. The number of aromatic nitrogens is 3. The molecule has 0 spiro atoms. The molecule has 0 saturated heterocycles. The zero-order valence-electron chi connectivity index (χ0n) is 11.4. The molecule has 104 valence electrons. The van der Waals surface area contributed by atoms with Crippen LogP contribution < -0.4 is 5.56 Å². The van der Waals surface area contributed by atoms with Crippen LogP contribution in [0.5, 0.6) is 0 Å². The quantitative estimate of drug-likeness (QED) is 0.789. The predicted octanol–water partition coefficient (Wildman–Crippen LogP) is 1.58. The van der Waals surface area contributed by atoms with Crippen LogP contribution in [0.1, 0.15) is 0 Å². The number of hydrogen-bond acceptors (Lipinski definition) is 3. The van der Waals surface area contributed by atoms with Gasteiger partial charge in [-0.05, 0) is 32.3 Å². The molecular formula is C14H15FN4O.